The zero-order valence-electron chi connectivity index (χ0n) is 21.0. The number of esters is 1. The molecule has 4 rings (SSSR count). The van der Waals surface area contributed by atoms with Crippen molar-refractivity contribution in [3.8, 4) is 10.4 Å². The predicted molar refractivity (Wildman–Crippen MR) is 149 cm³/mol. The Morgan fingerprint density at radius 1 is 0.923 bits per heavy atom. The summed E-state index contributed by atoms with van der Waals surface area (Å²) in [6, 6.07) is 24.7. The van der Waals surface area contributed by atoms with Crippen LogP contribution in [0, 0.1) is 5.92 Å². The second-order valence-electron chi connectivity index (χ2n) is 8.73. The minimum atomic E-state index is -4.40. The van der Waals surface area contributed by atoms with Crippen molar-refractivity contribution in [2.75, 3.05) is 11.8 Å². The van der Waals surface area contributed by atoms with Crippen LogP contribution in [0.1, 0.15) is 22.2 Å². The van der Waals surface area contributed by atoms with Crippen molar-refractivity contribution in [3.05, 3.63) is 107 Å². The molecule has 0 saturated carbocycles. The third-order valence-corrected chi connectivity index (χ3v) is 7.58. The molecule has 0 spiro atoms. The summed E-state index contributed by atoms with van der Waals surface area (Å²) < 4.78 is 38.2. The molecule has 1 aromatic heterocycles. The van der Waals surface area contributed by atoms with E-state index in [1.165, 1.54) is 30.6 Å². The number of nitrogens with zero attached hydrogens (tertiary/aromatic N) is 1. The summed E-state index contributed by atoms with van der Waals surface area (Å²) in [6.45, 7) is 0. The Bertz CT molecular complexity index is 1510. The second kappa shape index (κ2) is 12.7. The summed E-state index contributed by atoms with van der Waals surface area (Å²) >= 11 is 1.43. The van der Waals surface area contributed by atoms with Gasteiger partial charge >= 0.3 is 16.3 Å². The van der Waals surface area contributed by atoms with E-state index in [1.807, 2.05) is 65.4 Å². The van der Waals surface area contributed by atoms with E-state index in [4.69, 9.17) is 9.29 Å². The highest BCUT2D eigenvalue weighted by Crippen LogP contribution is 2.31. The average molecular weight is 566 g/mol. The van der Waals surface area contributed by atoms with Crippen LogP contribution in [0.3, 0.4) is 0 Å². The van der Waals surface area contributed by atoms with Crippen molar-refractivity contribution >= 4 is 39.2 Å². The lowest BCUT2D eigenvalue weighted by Gasteiger charge is -2.21. The van der Waals surface area contributed by atoms with Gasteiger partial charge in [-0.2, -0.15) is 8.42 Å². The van der Waals surface area contributed by atoms with Gasteiger partial charge in [0.1, 0.15) is 10.9 Å². The van der Waals surface area contributed by atoms with Crippen LogP contribution >= 0.6 is 11.3 Å². The van der Waals surface area contributed by atoms with Gasteiger partial charge in [0, 0.05) is 6.20 Å². The number of thiazole rings is 1. The first-order chi connectivity index (χ1) is 18.7. The molecule has 9 nitrogen and oxygen atoms in total. The van der Waals surface area contributed by atoms with Gasteiger partial charge < -0.3 is 10.1 Å². The minimum Gasteiger partial charge on any atom is -0.468 e. The summed E-state index contributed by atoms with van der Waals surface area (Å²) in [6.07, 6.45) is 2.24. The van der Waals surface area contributed by atoms with E-state index in [1.54, 1.807) is 18.3 Å². The molecule has 3 N–H and O–H groups in total. The number of hydrogen-bond acceptors (Lipinski definition) is 7. The molecule has 0 radical (unpaired) electrons. The summed E-state index contributed by atoms with van der Waals surface area (Å²) in [5.41, 5.74) is 2.78. The van der Waals surface area contributed by atoms with Crippen LogP contribution < -0.4 is 10.0 Å². The fourth-order valence-electron chi connectivity index (χ4n) is 4.03. The van der Waals surface area contributed by atoms with Gasteiger partial charge in [-0.1, -0.05) is 72.8 Å². The molecule has 4 aromatic rings. The Labute approximate surface area is 230 Å². The van der Waals surface area contributed by atoms with Gasteiger partial charge in [-0.25, -0.2) is 4.98 Å². The standard InChI is InChI=1S/C28H27N3O6S2/c1-37-28(33)23(16-19-8-4-2-5-9-19)26(32)30-24(17-20-12-14-22(15-13-20)31-39(34,35)36)27-29-18-25(38-27)21-10-6-3-7-11-21/h2-15,18,23-24,31H,16-17H2,1H3,(H,30,32)(H,34,35,36)/t23-,24-/m0/s1. The zero-order valence-corrected chi connectivity index (χ0v) is 22.6. The van der Waals surface area contributed by atoms with E-state index < -0.39 is 34.1 Å². The molecular formula is C28H27N3O6S2. The van der Waals surface area contributed by atoms with Crippen LogP contribution in [-0.4, -0.2) is 36.9 Å². The average Bonchev–Trinajstić information content (AvgIpc) is 3.43. The minimum absolute atomic E-state index is 0.176. The predicted octanol–water partition coefficient (Wildman–Crippen LogP) is 4.46. The Balaban J connectivity index is 1.61. The van der Waals surface area contributed by atoms with E-state index in [-0.39, 0.29) is 12.1 Å². The smallest absolute Gasteiger partial charge is 0.357 e. The first kappa shape index (κ1) is 28.0. The van der Waals surface area contributed by atoms with E-state index in [9.17, 15) is 18.0 Å². The number of carbonyl (C=O) groups excluding carboxylic acids is 2. The van der Waals surface area contributed by atoms with Crippen LogP contribution in [0.15, 0.2) is 91.1 Å². The van der Waals surface area contributed by atoms with Crippen LogP contribution in [0.2, 0.25) is 0 Å². The molecule has 1 heterocycles. The van der Waals surface area contributed by atoms with Gasteiger partial charge in [0.2, 0.25) is 5.91 Å². The molecule has 1 amide bonds. The lowest BCUT2D eigenvalue weighted by Crippen LogP contribution is -2.40. The Morgan fingerprint density at radius 2 is 1.54 bits per heavy atom. The molecular weight excluding hydrogens is 538 g/mol. The lowest BCUT2D eigenvalue weighted by molar-refractivity contribution is -0.150. The van der Waals surface area contributed by atoms with Crippen molar-refractivity contribution in [3.63, 3.8) is 0 Å². The number of amides is 1. The van der Waals surface area contributed by atoms with Gasteiger partial charge in [0.15, 0.2) is 0 Å². The first-order valence-corrected chi connectivity index (χ1v) is 14.2. The Kier molecular flexibility index (Phi) is 9.07. The number of carbonyl (C=O) groups is 2. The highest BCUT2D eigenvalue weighted by molar-refractivity contribution is 7.87. The number of methoxy groups -OCH3 is 1. The largest absolute Gasteiger partial charge is 0.468 e. The van der Waals surface area contributed by atoms with Gasteiger partial charge in [-0.3, -0.25) is 18.9 Å². The fraction of sp³-hybridized carbons (Fsp3) is 0.179. The molecule has 0 fully saturated rings. The van der Waals surface area contributed by atoms with E-state index in [0.29, 0.717) is 11.4 Å². The molecule has 0 aliphatic carbocycles. The Morgan fingerprint density at radius 3 is 2.15 bits per heavy atom. The molecule has 11 heteroatoms. The van der Waals surface area contributed by atoms with Crippen molar-refractivity contribution in [1.82, 2.24) is 10.3 Å². The highest BCUT2D eigenvalue weighted by Gasteiger charge is 2.31. The molecule has 0 aliphatic rings. The van der Waals surface area contributed by atoms with Gasteiger partial charge in [0.05, 0.1) is 23.7 Å². The molecule has 0 unspecified atom stereocenters. The molecule has 39 heavy (non-hydrogen) atoms. The summed E-state index contributed by atoms with van der Waals surface area (Å²) in [5.74, 6) is -2.19. The summed E-state index contributed by atoms with van der Waals surface area (Å²) in [5, 5.41) is 3.64. The zero-order chi connectivity index (χ0) is 27.8. The maximum Gasteiger partial charge on any atom is 0.357 e. The third-order valence-electron chi connectivity index (χ3n) is 5.92. The van der Waals surface area contributed by atoms with Gasteiger partial charge in [0.25, 0.3) is 0 Å². The summed E-state index contributed by atoms with van der Waals surface area (Å²) in [7, 11) is -3.15. The van der Waals surface area contributed by atoms with E-state index in [2.05, 4.69) is 10.3 Å². The van der Waals surface area contributed by atoms with E-state index in [0.717, 1.165) is 21.6 Å². The highest BCUT2D eigenvalue weighted by atomic mass is 32.2. The van der Waals surface area contributed by atoms with Gasteiger partial charge in [-0.05, 0) is 41.7 Å². The Hall–Kier alpha value is -4.06. The quantitative estimate of drug-likeness (QED) is 0.139. The number of hydrogen-bond donors (Lipinski definition) is 3. The van der Waals surface area contributed by atoms with Crippen molar-refractivity contribution in [2.45, 2.75) is 18.9 Å². The number of aromatic nitrogens is 1. The second-order valence-corrected chi connectivity index (χ2v) is 11.0. The van der Waals surface area contributed by atoms with Crippen molar-refractivity contribution in [2.24, 2.45) is 5.92 Å². The molecule has 0 aliphatic heterocycles. The molecule has 3 aromatic carbocycles. The van der Waals surface area contributed by atoms with E-state index >= 15 is 0 Å². The van der Waals surface area contributed by atoms with Crippen LogP contribution in [0.4, 0.5) is 5.69 Å². The SMILES string of the molecule is COC(=O)[C@@H](Cc1ccccc1)C(=O)N[C@@H](Cc1ccc(NS(=O)(=O)O)cc1)c1ncc(-c2ccccc2)s1. The molecule has 0 bridgehead atoms. The first-order valence-electron chi connectivity index (χ1n) is 12.0. The maximum absolute atomic E-state index is 13.5. The monoisotopic (exact) mass is 565 g/mol. The maximum atomic E-state index is 13.5. The number of rotatable bonds is 11. The van der Waals surface area contributed by atoms with Crippen molar-refractivity contribution < 1.29 is 27.3 Å². The third kappa shape index (κ3) is 7.96. The molecule has 202 valence electrons. The van der Waals surface area contributed by atoms with Crippen LogP contribution in [-0.2, 0) is 37.5 Å². The molecule has 2 atom stereocenters. The number of anilines is 1. The number of ether oxygens (including phenoxy) is 1. The van der Waals surface area contributed by atoms with Crippen LogP contribution in [0.5, 0.6) is 0 Å². The fourth-order valence-corrected chi connectivity index (χ4v) is 5.43. The number of nitrogens with one attached hydrogen (secondary N) is 2. The molecule has 0 saturated heterocycles. The van der Waals surface area contributed by atoms with Gasteiger partial charge in [-0.15, -0.1) is 11.3 Å². The number of benzene rings is 3. The van der Waals surface area contributed by atoms with Crippen LogP contribution in [0.25, 0.3) is 10.4 Å². The summed E-state index contributed by atoms with van der Waals surface area (Å²) in [4.78, 5) is 31.6. The lowest BCUT2D eigenvalue weighted by atomic mass is 9.97. The van der Waals surface area contributed by atoms with Crippen molar-refractivity contribution in [1.29, 1.82) is 0 Å². The normalized spacial score (nSPS) is 12.8. The topological polar surface area (TPSA) is 135 Å².